The van der Waals surface area contributed by atoms with E-state index in [2.05, 4.69) is 18.9 Å². The molecule has 0 aliphatic heterocycles. The number of aromatic nitrogens is 2. The second kappa shape index (κ2) is 3.85. The van der Waals surface area contributed by atoms with Crippen molar-refractivity contribution in [2.75, 3.05) is 5.73 Å². The number of hydrogen-bond donors (Lipinski definition) is 1. The molecule has 1 rings (SSSR count). The minimum atomic E-state index is 0.585. The maximum Gasteiger partial charge on any atom is 0.141 e. The summed E-state index contributed by atoms with van der Waals surface area (Å²) in [6.45, 7) is 4.34. The molecule has 68 valence electrons. The van der Waals surface area contributed by atoms with Crippen molar-refractivity contribution in [1.82, 2.24) is 9.78 Å². The van der Waals surface area contributed by atoms with E-state index in [1.54, 1.807) is 16.4 Å². The Morgan fingerprint density at radius 2 is 2.42 bits per heavy atom. The smallest absolute Gasteiger partial charge is 0.141 e. The fraction of sp³-hybridized carbons (Fsp3) is 0.625. The Balaban J connectivity index is 2.68. The molecule has 0 bridgehead atoms. The number of aryl methyl sites for hydroxylation is 1. The summed E-state index contributed by atoms with van der Waals surface area (Å²) < 4.78 is 1.75. The molecule has 1 unspecified atom stereocenters. The lowest BCUT2D eigenvalue weighted by Crippen LogP contribution is -1.95. The van der Waals surface area contributed by atoms with Crippen LogP contribution in [0.25, 0.3) is 0 Å². The van der Waals surface area contributed by atoms with Crippen LogP contribution >= 0.6 is 11.8 Å². The third kappa shape index (κ3) is 2.17. The van der Waals surface area contributed by atoms with Crippen LogP contribution in [0.5, 0.6) is 0 Å². The van der Waals surface area contributed by atoms with Crippen LogP contribution in [0.15, 0.2) is 11.2 Å². The van der Waals surface area contributed by atoms with Crippen molar-refractivity contribution in [1.29, 1.82) is 0 Å². The molecule has 12 heavy (non-hydrogen) atoms. The van der Waals surface area contributed by atoms with Crippen molar-refractivity contribution >= 4 is 17.4 Å². The molecule has 3 nitrogen and oxygen atoms in total. The number of nitrogen functional groups attached to an aromatic ring is 1. The molecule has 4 heteroatoms. The average molecular weight is 185 g/mol. The average Bonchev–Trinajstić information content (AvgIpc) is 2.30. The van der Waals surface area contributed by atoms with Gasteiger partial charge in [0.15, 0.2) is 0 Å². The predicted molar refractivity (Wildman–Crippen MR) is 53.2 cm³/mol. The third-order valence-electron chi connectivity index (χ3n) is 1.71. The highest BCUT2D eigenvalue weighted by Gasteiger charge is 2.08. The first kappa shape index (κ1) is 9.45. The highest BCUT2D eigenvalue weighted by molar-refractivity contribution is 8.00. The first-order valence-corrected chi connectivity index (χ1v) is 4.97. The van der Waals surface area contributed by atoms with Crippen LogP contribution in [-0.2, 0) is 7.05 Å². The molecule has 1 aromatic heterocycles. The number of nitrogens with two attached hydrogens (primary N) is 1. The van der Waals surface area contributed by atoms with Gasteiger partial charge in [-0.3, -0.25) is 4.68 Å². The Hall–Kier alpha value is -0.640. The monoisotopic (exact) mass is 185 g/mol. The number of hydrogen-bond acceptors (Lipinski definition) is 3. The summed E-state index contributed by atoms with van der Waals surface area (Å²) in [7, 11) is 1.89. The number of rotatable bonds is 3. The number of thioether (sulfide) groups is 1. The third-order valence-corrected chi connectivity index (χ3v) is 2.99. The molecule has 0 amide bonds. The molecule has 0 spiro atoms. The molecule has 1 aromatic rings. The van der Waals surface area contributed by atoms with Gasteiger partial charge in [0.1, 0.15) is 5.03 Å². The minimum absolute atomic E-state index is 0.585. The molecule has 0 saturated carbocycles. The van der Waals surface area contributed by atoms with Gasteiger partial charge in [0.05, 0.1) is 5.69 Å². The van der Waals surface area contributed by atoms with Gasteiger partial charge in [-0.25, -0.2) is 0 Å². The van der Waals surface area contributed by atoms with Gasteiger partial charge in [0.25, 0.3) is 0 Å². The molecule has 0 aromatic carbocycles. The molecular formula is C8H15N3S. The van der Waals surface area contributed by atoms with Crippen molar-refractivity contribution in [3.8, 4) is 0 Å². The Kier molecular flexibility index (Phi) is 3.03. The summed E-state index contributed by atoms with van der Waals surface area (Å²) in [6.07, 6.45) is 2.98. The Labute approximate surface area is 77.3 Å². The Morgan fingerprint density at radius 3 is 2.83 bits per heavy atom. The summed E-state index contributed by atoms with van der Waals surface area (Å²) in [5.74, 6) is 0. The number of nitrogens with zero attached hydrogens (tertiary/aromatic N) is 2. The number of anilines is 1. The standard InChI is InChI=1S/C8H15N3S/c1-4-6(2)12-8-7(9)5-11(3)10-8/h5-6H,4,9H2,1-3H3. The first-order chi connectivity index (χ1) is 5.63. The van der Waals surface area contributed by atoms with Gasteiger partial charge in [-0.15, -0.1) is 0 Å². The van der Waals surface area contributed by atoms with E-state index in [-0.39, 0.29) is 0 Å². The van der Waals surface area contributed by atoms with Gasteiger partial charge in [-0.2, -0.15) is 5.10 Å². The van der Waals surface area contributed by atoms with Gasteiger partial charge < -0.3 is 5.73 Å². The summed E-state index contributed by atoms with van der Waals surface area (Å²) in [5, 5.41) is 5.79. The molecular weight excluding hydrogens is 170 g/mol. The Bertz CT molecular complexity index is 257. The molecule has 0 fully saturated rings. The zero-order valence-corrected chi connectivity index (χ0v) is 8.56. The van der Waals surface area contributed by atoms with Crippen molar-refractivity contribution < 1.29 is 0 Å². The van der Waals surface area contributed by atoms with E-state index in [0.717, 1.165) is 17.1 Å². The van der Waals surface area contributed by atoms with Crippen LogP contribution in [0.2, 0.25) is 0 Å². The molecule has 0 aliphatic carbocycles. The van der Waals surface area contributed by atoms with Gasteiger partial charge in [-0.05, 0) is 6.42 Å². The molecule has 1 atom stereocenters. The maximum absolute atomic E-state index is 5.74. The largest absolute Gasteiger partial charge is 0.395 e. The van der Waals surface area contributed by atoms with E-state index in [0.29, 0.717) is 5.25 Å². The van der Waals surface area contributed by atoms with Crippen LogP contribution in [0.1, 0.15) is 20.3 Å². The lowest BCUT2D eigenvalue weighted by molar-refractivity contribution is 0.736. The van der Waals surface area contributed by atoms with Gasteiger partial charge >= 0.3 is 0 Å². The van der Waals surface area contributed by atoms with Crippen molar-refractivity contribution in [2.24, 2.45) is 7.05 Å². The van der Waals surface area contributed by atoms with Gasteiger partial charge in [0, 0.05) is 18.5 Å². The van der Waals surface area contributed by atoms with E-state index in [4.69, 9.17) is 5.73 Å². The predicted octanol–water partition coefficient (Wildman–Crippen LogP) is 1.89. The quantitative estimate of drug-likeness (QED) is 0.731. The van der Waals surface area contributed by atoms with E-state index in [1.807, 2.05) is 13.2 Å². The minimum Gasteiger partial charge on any atom is -0.395 e. The van der Waals surface area contributed by atoms with Crippen LogP contribution in [0.4, 0.5) is 5.69 Å². The normalized spacial score (nSPS) is 13.2. The van der Waals surface area contributed by atoms with Gasteiger partial charge in [-0.1, -0.05) is 25.6 Å². The van der Waals surface area contributed by atoms with Crippen molar-refractivity contribution in [3.63, 3.8) is 0 Å². The lowest BCUT2D eigenvalue weighted by Gasteiger charge is -2.04. The second-order valence-electron chi connectivity index (χ2n) is 2.90. The Morgan fingerprint density at radius 1 is 1.75 bits per heavy atom. The molecule has 2 N–H and O–H groups in total. The maximum atomic E-state index is 5.74. The van der Waals surface area contributed by atoms with E-state index < -0.39 is 0 Å². The summed E-state index contributed by atoms with van der Waals surface area (Å²) >= 11 is 1.73. The second-order valence-corrected chi connectivity index (χ2v) is 4.33. The highest BCUT2D eigenvalue weighted by Crippen LogP contribution is 2.27. The highest BCUT2D eigenvalue weighted by atomic mass is 32.2. The summed E-state index contributed by atoms with van der Waals surface area (Å²) in [5.41, 5.74) is 6.52. The zero-order chi connectivity index (χ0) is 9.14. The van der Waals surface area contributed by atoms with Crippen LogP contribution < -0.4 is 5.73 Å². The van der Waals surface area contributed by atoms with E-state index in [9.17, 15) is 0 Å². The van der Waals surface area contributed by atoms with E-state index >= 15 is 0 Å². The van der Waals surface area contributed by atoms with Crippen LogP contribution in [0, 0.1) is 0 Å². The molecule has 0 radical (unpaired) electrons. The molecule has 0 saturated heterocycles. The SMILES string of the molecule is CCC(C)Sc1nn(C)cc1N. The zero-order valence-electron chi connectivity index (χ0n) is 7.74. The van der Waals surface area contributed by atoms with Crippen molar-refractivity contribution in [2.45, 2.75) is 30.5 Å². The van der Waals surface area contributed by atoms with Crippen LogP contribution in [0.3, 0.4) is 0 Å². The summed E-state index contributed by atoms with van der Waals surface area (Å²) in [4.78, 5) is 0. The molecule has 0 aliphatic rings. The topological polar surface area (TPSA) is 43.8 Å². The van der Waals surface area contributed by atoms with Gasteiger partial charge in [0.2, 0.25) is 0 Å². The molecule has 1 heterocycles. The fourth-order valence-corrected chi connectivity index (χ4v) is 1.76. The lowest BCUT2D eigenvalue weighted by atomic mass is 10.4. The van der Waals surface area contributed by atoms with E-state index in [1.165, 1.54) is 0 Å². The first-order valence-electron chi connectivity index (χ1n) is 4.09. The van der Waals surface area contributed by atoms with Crippen molar-refractivity contribution in [3.05, 3.63) is 6.20 Å². The fourth-order valence-electron chi connectivity index (χ4n) is 0.852. The summed E-state index contributed by atoms with van der Waals surface area (Å²) in [6, 6.07) is 0. The van der Waals surface area contributed by atoms with Crippen LogP contribution in [-0.4, -0.2) is 15.0 Å².